The molecule has 0 aliphatic heterocycles. The van der Waals surface area contributed by atoms with Gasteiger partial charge < -0.3 is 4.90 Å². The summed E-state index contributed by atoms with van der Waals surface area (Å²) in [4.78, 5) is 2.49. The molecule has 272 valence electrons. The van der Waals surface area contributed by atoms with Crippen molar-refractivity contribution in [3.8, 4) is 22.3 Å². The number of hydrogen-bond donors (Lipinski definition) is 0. The van der Waals surface area contributed by atoms with Crippen LogP contribution in [-0.2, 0) is 5.41 Å². The third-order valence-corrected chi connectivity index (χ3v) is 14.4. The highest BCUT2D eigenvalue weighted by atomic mass is 32.1. The molecule has 12 rings (SSSR count). The molecule has 0 amide bonds. The molecule has 9 aromatic carbocycles. The van der Waals surface area contributed by atoms with Crippen LogP contribution >= 0.6 is 22.7 Å². The molecule has 1 aliphatic rings. The summed E-state index contributed by atoms with van der Waals surface area (Å²) in [5, 5.41) is 5.24. The average molecular weight is 774 g/mol. The van der Waals surface area contributed by atoms with Crippen molar-refractivity contribution in [2.24, 2.45) is 0 Å². The van der Waals surface area contributed by atoms with E-state index in [1.54, 1.807) is 0 Å². The van der Waals surface area contributed by atoms with Gasteiger partial charge in [0.05, 0.1) is 11.1 Å². The van der Waals surface area contributed by atoms with Crippen molar-refractivity contribution in [2.45, 2.75) is 5.41 Å². The molecule has 3 heteroatoms. The Morgan fingerprint density at radius 3 is 1.64 bits per heavy atom. The van der Waals surface area contributed by atoms with Gasteiger partial charge in [0.2, 0.25) is 0 Å². The van der Waals surface area contributed by atoms with Gasteiger partial charge in [-0.1, -0.05) is 158 Å². The first-order valence-electron chi connectivity index (χ1n) is 19.8. The molecule has 1 nitrogen and oxygen atoms in total. The zero-order chi connectivity index (χ0) is 38.2. The highest BCUT2D eigenvalue weighted by molar-refractivity contribution is 7.26. The lowest BCUT2D eigenvalue weighted by Crippen LogP contribution is -2.28. The smallest absolute Gasteiger partial charge is 0.0714 e. The highest BCUT2D eigenvalue weighted by Gasteiger charge is 2.47. The van der Waals surface area contributed by atoms with Crippen molar-refractivity contribution < 1.29 is 0 Å². The number of hydrogen-bond acceptors (Lipinski definition) is 3. The third-order valence-electron chi connectivity index (χ3n) is 12.2. The van der Waals surface area contributed by atoms with Gasteiger partial charge in [-0.05, 0) is 93.5 Å². The van der Waals surface area contributed by atoms with Crippen LogP contribution in [0.3, 0.4) is 0 Å². The summed E-state index contributed by atoms with van der Waals surface area (Å²) in [6, 6.07) is 78.8. The van der Waals surface area contributed by atoms with E-state index >= 15 is 0 Å². The van der Waals surface area contributed by atoms with Crippen molar-refractivity contribution >= 4 is 80.1 Å². The second kappa shape index (κ2) is 13.1. The minimum atomic E-state index is -0.487. The van der Waals surface area contributed by atoms with Gasteiger partial charge in [0.15, 0.2) is 0 Å². The lowest BCUT2D eigenvalue weighted by molar-refractivity contribution is 0.768. The first-order chi connectivity index (χ1) is 28.8. The Labute approximate surface area is 345 Å². The van der Waals surface area contributed by atoms with Crippen LogP contribution in [0.4, 0.5) is 17.1 Å². The zero-order valence-corrected chi connectivity index (χ0v) is 33.1. The van der Waals surface area contributed by atoms with Crippen molar-refractivity contribution in [1.29, 1.82) is 0 Å². The molecule has 0 spiro atoms. The molecule has 2 heterocycles. The molecular weight excluding hydrogens is 739 g/mol. The van der Waals surface area contributed by atoms with Crippen molar-refractivity contribution in [3.05, 3.63) is 235 Å². The zero-order valence-electron chi connectivity index (χ0n) is 31.5. The van der Waals surface area contributed by atoms with Gasteiger partial charge in [-0.15, -0.1) is 22.7 Å². The molecule has 58 heavy (non-hydrogen) atoms. The van der Waals surface area contributed by atoms with E-state index < -0.39 is 5.41 Å². The van der Waals surface area contributed by atoms with E-state index in [0.717, 1.165) is 17.1 Å². The fraction of sp³-hybridized carbons (Fsp3) is 0.0182. The van der Waals surface area contributed by atoms with Crippen molar-refractivity contribution in [1.82, 2.24) is 0 Å². The average Bonchev–Trinajstić information content (AvgIpc) is 3.95. The molecule has 0 N–H and O–H groups in total. The number of benzene rings is 9. The van der Waals surface area contributed by atoms with Crippen LogP contribution in [0.1, 0.15) is 22.3 Å². The van der Waals surface area contributed by atoms with Crippen LogP contribution < -0.4 is 4.90 Å². The SMILES string of the molecule is c1ccc(C2(c3ccccc3)c3ccccc3-c3c(N(c4ccc(-c5ccc6c(c5)sc5ccccc56)cc4)c4ccc5sc6ccccc6c5c4)cccc32)cc1. The predicted molar refractivity (Wildman–Crippen MR) is 250 cm³/mol. The first kappa shape index (κ1) is 33.4. The van der Waals surface area contributed by atoms with Gasteiger partial charge in [0.1, 0.15) is 0 Å². The number of rotatable bonds is 6. The van der Waals surface area contributed by atoms with Crippen LogP contribution in [-0.4, -0.2) is 0 Å². The fourth-order valence-electron chi connectivity index (χ4n) is 9.65. The summed E-state index contributed by atoms with van der Waals surface area (Å²) in [5.74, 6) is 0. The summed E-state index contributed by atoms with van der Waals surface area (Å²) in [7, 11) is 0. The van der Waals surface area contributed by atoms with Gasteiger partial charge in [0, 0.05) is 57.3 Å². The van der Waals surface area contributed by atoms with E-state index in [9.17, 15) is 0 Å². The topological polar surface area (TPSA) is 3.24 Å². The van der Waals surface area contributed by atoms with Crippen LogP contribution in [0.15, 0.2) is 212 Å². The van der Waals surface area contributed by atoms with E-state index in [-0.39, 0.29) is 0 Å². The molecular formula is C55H35NS2. The van der Waals surface area contributed by atoms with E-state index in [0.29, 0.717) is 0 Å². The minimum absolute atomic E-state index is 0.487. The lowest BCUT2D eigenvalue weighted by atomic mass is 9.68. The Bertz CT molecular complexity index is 3300. The van der Waals surface area contributed by atoms with E-state index in [1.807, 2.05) is 22.7 Å². The highest BCUT2D eigenvalue weighted by Crippen LogP contribution is 2.59. The largest absolute Gasteiger partial charge is 0.310 e. The molecule has 1 aliphatic carbocycles. The molecule has 0 saturated carbocycles. The van der Waals surface area contributed by atoms with E-state index in [2.05, 4.69) is 217 Å². The second-order valence-corrected chi connectivity index (χ2v) is 17.4. The Kier molecular flexibility index (Phi) is 7.56. The number of thiophene rings is 2. The van der Waals surface area contributed by atoms with Gasteiger partial charge in [0.25, 0.3) is 0 Å². The number of anilines is 3. The van der Waals surface area contributed by atoms with Gasteiger partial charge >= 0.3 is 0 Å². The molecule has 0 radical (unpaired) electrons. The summed E-state index contributed by atoms with van der Waals surface area (Å²) >= 11 is 3.73. The Morgan fingerprint density at radius 2 is 0.897 bits per heavy atom. The van der Waals surface area contributed by atoms with Gasteiger partial charge in [-0.3, -0.25) is 0 Å². The minimum Gasteiger partial charge on any atom is -0.310 e. The van der Waals surface area contributed by atoms with E-state index in [1.165, 1.54) is 84.9 Å². The summed E-state index contributed by atoms with van der Waals surface area (Å²) in [6.45, 7) is 0. The number of fused-ring (bicyclic) bond motifs is 9. The maximum absolute atomic E-state index is 2.49. The van der Waals surface area contributed by atoms with Crippen LogP contribution in [0, 0.1) is 0 Å². The molecule has 11 aromatic rings. The molecule has 0 bridgehead atoms. The van der Waals surface area contributed by atoms with Crippen LogP contribution in [0.2, 0.25) is 0 Å². The van der Waals surface area contributed by atoms with Crippen molar-refractivity contribution in [2.75, 3.05) is 4.90 Å². The van der Waals surface area contributed by atoms with Crippen LogP contribution in [0.5, 0.6) is 0 Å². The van der Waals surface area contributed by atoms with Gasteiger partial charge in [-0.2, -0.15) is 0 Å². The second-order valence-electron chi connectivity index (χ2n) is 15.2. The molecule has 0 saturated heterocycles. The van der Waals surface area contributed by atoms with Gasteiger partial charge in [-0.25, -0.2) is 0 Å². The predicted octanol–water partition coefficient (Wildman–Crippen LogP) is 15.9. The monoisotopic (exact) mass is 773 g/mol. The fourth-order valence-corrected chi connectivity index (χ4v) is 11.9. The maximum atomic E-state index is 2.49. The molecule has 0 atom stereocenters. The maximum Gasteiger partial charge on any atom is 0.0714 e. The Balaban J connectivity index is 1.09. The first-order valence-corrected chi connectivity index (χ1v) is 21.5. The Morgan fingerprint density at radius 1 is 0.345 bits per heavy atom. The lowest BCUT2D eigenvalue weighted by Gasteiger charge is -2.34. The molecule has 0 fully saturated rings. The summed E-state index contributed by atoms with van der Waals surface area (Å²) in [6.07, 6.45) is 0. The standard InChI is InChI=1S/C55H35NS2/c1-3-14-38(15-4-1)55(39-16-5-2-6-17-39)47-21-10-7-20-45(47)54-48(55)22-13-23-49(54)56(41-31-33-52-46(35-41)43-19-9-12-25-51(43)57-52)40-29-26-36(27-30-40)37-28-32-44-42-18-8-11-24-50(42)58-53(44)34-37/h1-35H. The molecule has 0 unspecified atom stereocenters. The van der Waals surface area contributed by atoms with E-state index in [4.69, 9.17) is 0 Å². The number of nitrogens with zero attached hydrogens (tertiary/aromatic N) is 1. The summed E-state index contributed by atoms with van der Waals surface area (Å²) in [5.41, 5.74) is 13.0. The van der Waals surface area contributed by atoms with Crippen molar-refractivity contribution in [3.63, 3.8) is 0 Å². The quantitative estimate of drug-likeness (QED) is 0.163. The third kappa shape index (κ3) is 4.94. The normalized spacial score (nSPS) is 13.0. The van der Waals surface area contributed by atoms with Crippen LogP contribution in [0.25, 0.3) is 62.6 Å². The summed E-state index contributed by atoms with van der Waals surface area (Å²) < 4.78 is 5.26. The molecule has 2 aromatic heterocycles. The Hall–Kier alpha value is -6.78.